The van der Waals surface area contributed by atoms with Gasteiger partial charge in [-0.25, -0.2) is 4.98 Å². The van der Waals surface area contributed by atoms with Gasteiger partial charge in [0.1, 0.15) is 19.3 Å². The summed E-state index contributed by atoms with van der Waals surface area (Å²) in [6.45, 7) is 6.40. The number of nitrogens with one attached hydrogen (secondary N) is 1. The number of aromatic nitrogens is 1. The molecule has 1 saturated heterocycles. The van der Waals surface area contributed by atoms with E-state index < -0.39 is 11.7 Å². The van der Waals surface area contributed by atoms with Crippen molar-refractivity contribution in [3.05, 3.63) is 53.2 Å². The fraction of sp³-hybridized carbons (Fsp3) is 0.400. The lowest BCUT2D eigenvalue weighted by Gasteiger charge is -2.31. The van der Waals surface area contributed by atoms with Gasteiger partial charge in [0.15, 0.2) is 0 Å². The molecule has 0 bridgehead atoms. The predicted octanol–water partition coefficient (Wildman–Crippen LogP) is 3.58. The monoisotopic (exact) mass is 410 g/mol. The third kappa shape index (κ3) is 4.98. The number of H-pyrrole nitrogens is 1. The number of amides is 1. The summed E-state index contributed by atoms with van der Waals surface area (Å²) in [6.07, 6.45) is -3.37. The van der Waals surface area contributed by atoms with Gasteiger partial charge in [-0.3, -0.25) is 9.69 Å². The van der Waals surface area contributed by atoms with E-state index in [1.54, 1.807) is 0 Å². The Balaban J connectivity index is 1.50. The normalized spacial score (nSPS) is 15.0. The Kier molecular flexibility index (Phi) is 6.17. The average Bonchev–Trinajstić information content (AvgIpc) is 2.68. The smallest absolute Gasteiger partial charge is 0.334 e. The van der Waals surface area contributed by atoms with Crippen molar-refractivity contribution >= 4 is 23.5 Å². The van der Waals surface area contributed by atoms with E-state index in [4.69, 9.17) is 0 Å². The molecule has 1 N–H and O–H groups in total. The van der Waals surface area contributed by atoms with E-state index in [0.29, 0.717) is 37.7 Å². The minimum absolute atomic E-state index is 0.0827. The number of rotatable bonds is 4. The number of halogens is 3. The molecule has 8 heteroatoms. The summed E-state index contributed by atoms with van der Waals surface area (Å²) in [5, 5.41) is 0. The Morgan fingerprint density at radius 1 is 1.07 bits per heavy atom. The van der Waals surface area contributed by atoms with E-state index in [1.807, 2.05) is 15.9 Å². The van der Waals surface area contributed by atoms with Crippen molar-refractivity contribution in [1.82, 2.24) is 4.90 Å². The predicted molar refractivity (Wildman–Crippen MR) is 103 cm³/mol. The highest BCUT2D eigenvalue weighted by Gasteiger charge is 2.33. The number of benzene rings is 1. The number of alkyl halides is 3. The largest absolute Gasteiger partial charge is 0.419 e. The molecule has 0 saturated carbocycles. The van der Waals surface area contributed by atoms with Gasteiger partial charge in [0.25, 0.3) is 5.82 Å². The molecule has 2 heterocycles. The lowest BCUT2D eigenvalue weighted by Crippen LogP contribution is -2.50. The number of thioether (sulfide) groups is 1. The van der Waals surface area contributed by atoms with Gasteiger partial charge in [0, 0.05) is 11.0 Å². The molecule has 1 aromatic heterocycles. The maximum absolute atomic E-state index is 12.7. The third-order valence-electron chi connectivity index (χ3n) is 4.94. The van der Waals surface area contributed by atoms with Crippen LogP contribution in [-0.4, -0.2) is 42.7 Å². The molecule has 3 rings (SSSR count). The van der Waals surface area contributed by atoms with Gasteiger partial charge in [-0.2, -0.15) is 13.2 Å². The van der Waals surface area contributed by atoms with Crippen molar-refractivity contribution in [1.29, 1.82) is 0 Å². The van der Waals surface area contributed by atoms with Crippen LogP contribution in [0, 0.1) is 13.8 Å². The standard InChI is InChI=1S/C20H22F3N3OS/c1-14-3-5-17(11-15(14)2)28-13-19(27)26-9-7-25(8-10-26)18-6-4-16(12-24-18)20(21,22)23/h3-6,11-12H,7-10,13H2,1-2H3/p+1. The zero-order chi connectivity index (χ0) is 20.3. The number of aryl methyl sites for hydroxylation is 2. The van der Waals surface area contributed by atoms with Crippen LogP contribution in [0.3, 0.4) is 0 Å². The molecule has 0 aliphatic carbocycles. The molecule has 0 radical (unpaired) electrons. The van der Waals surface area contributed by atoms with Gasteiger partial charge in [0.05, 0.1) is 24.4 Å². The van der Waals surface area contributed by atoms with Gasteiger partial charge in [-0.05, 0) is 43.2 Å². The van der Waals surface area contributed by atoms with E-state index in [-0.39, 0.29) is 5.91 Å². The van der Waals surface area contributed by atoms with Crippen molar-refractivity contribution < 1.29 is 22.9 Å². The Morgan fingerprint density at radius 3 is 2.36 bits per heavy atom. The Labute approximate surface area is 166 Å². The summed E-state index contributed by atoms with van der Waals surface area (Å²) in [7, 11) is 0. The second kappa shape index (κ2) is 8.43. The number of anilines is 1. The van der Waals surface area contributed by atoms with E-state index in [9.17, 15) is 18.0 Å². The first-order valence-electron chi connectivity index (χ1n) is 9.06. The first kappa shape index (κ1) is 20.5. The molecular weight excluding hydrogens is 387 g/mol. The topological polar surface area (TPSA) is 37.7 Å². The van der Waals surface area contributed by atoms with Gasteiger partial charge in [-0.15, -0.1) is 11.8 Å². The van der Waals surface area contributed by atoms with Crippen LogP contribution in [0.15, 0.2) is 41.4 Å². The highest BCUT2D eigenvalue weighted by atomic mass is 32.2. The fourth-order valence-corrected chi connectivity index (χ4v) is 3.92. The summed E-state index contributed by atoms with van der Waals surface area (Å²) < 4.78 is 38.0. The average molecular weight is 410 g/mol. The van der Waals surface area contributed by atoms with E-state index in [0.717, 1.165) is 17.2 Å². The van der Waals surface area contributed by atoms with Crippen LogP contribution in [0.25, 0.3) is 0 Å². The van der Waals surface area contributed by atoms with Crippen LogP contribution in [0.1, 0.15) is 16.7 Å². The molecule has 1 aliphatic heterocycles. The van der Waals surface area contributed by atoms with E-state index >= 15 is 0 Å². The number of hydrogen-bond donors (Lipinski definition) is 0. The molecule has 4 nitrogen and oxygen atoms in total. The number of pyridine rings is 1. The Morgan fingerprint density at radius 2 is 1.79 bits per heavy atom. The lowest BCUT2D eigenvalue weighted by molar-refractivity contribution is -0.367. The zero-order valence-electron chi connectivity index (χ0n) is 15.8. The highest BCUT2D eigenvalue weighted by Crippen LogP contribution is 2.28. The number of piperazine rings is 1. The first-order chi connectivity index (χ1) is 13.2. The molecule has 1 amide bonds. The lowest BCUT2D eigenvalue weighted by atomic mass is 10.1. The van der Waals surface area contributed by atoms with Crippen LogP contribution >= 0.6 is 11.8 Å². The summed E-state index contributed by atoms with van der Waals surface area (Å²) in [4.78, 5) is 20.0. The van der Waals surface area contributed by atoms with Crippen LogP contribution in [-0.2, 0) is 11.0 Å². The minimum Gasteiger partial charge on any atom is -0.334 e. The summed E-state index contributed by atoms with van der Waals surface area (Å²) in [6, 6.07) is 8.69. The SMILES string of the molecule is Cc1ccc(SCC(=O)N2CCN(c3ccc(C(F)(F)F)c[nH+]3)CC2)cc1C. The third-order valence-corrected chi connectivity index (χ3v) is 5.92. The maximum Gasteiger partial charge on any atom is 0.419 e. The molecule has 0 spiro atoms. The van der Waals surface area contributed by atoms with E-state index in [2.05, 4.69) is 31.0 Å². The van der Waals surface area contributed by atoms with Gasteiger partial charge < -0.3 is 4.90 Å². The van der Waals surface area contributed by atoms with Crippen molar-refractivity contribution in [2.75, 3.05) is 36.8 Å². The van der Waals surface area contributed by atoms with Crippen molar-refractivity contribution in [2.24, 2.45) is 0 Å². The second-order valence-corrected chi connectivity index (χ2v) is 7.91. The Hall–Kier alpha value is -2.22. The van der Waals surface area contributed by atoms with Gasteiger partial charge in [-0.1, -0.05) is 6.07 Å². The van der Waals surface area contributed by atoms with Gasteiger partial charge in [0.2, 0.25) is 5.91 Å². The minimum atomic E-state index is -4.35. The van der Waals surface area contributed by atoms with Crippen molar-refractivity contribution in [3.8, 4) is 0 Å². The summed E-state index contributed by atoms with van der Waals surface area (Å²) in [5.41, 5.74) is 1.74. The molecule has 1 aromatic carbocycles. The number of nitrogens with zero attached hydrogens (tertiary/aromatic N) is 2. The highest BCUT2D eigenvalue weighted by molar-refractivity contribution is 8.00. The quantitative estimate of drug-likeness (QED) is 0.724. The second-order valence-electron chi connectivity index (χ2n) is 6.86. The summed E-state index contributed by atoms with van der Waals surface area (Å²) in [5.74, 6) is 1.10. The molecule has 0 atom stereocenters. The molecular formula is C20H23F3N3OS+. The number of carbonyl (C=O) groups excluding carboxylic acids is 1. The molecule has 1 fully saturated rings. The first-order valence-corrected chi connectivity index (χ1v) is 10.0. The maximum atomic E-state index is 12.7. The van der Waals surface area contributed by atoms with Gasteiger partial charge >= 0.3 is 6.18 Å². The number of carbonyl (C=O) groups is 1. The van der Waals surface area contributed by atoms with Crippen LogP contribution in [0.5, 0.6) is 0 Å². The fourth-order valence-electron chi connectivity index (χ4n) is 3.03. The molecule has 0 unspecified atom stereocenters. The number of aromatic amines is 1. The summed E-state index contributed by atoms with van der Waals surface area (Å²) >= 11 is 1.53. The molecule has 1 aliphatic rings. The van der Waals surface area contributed by atoms with E-state index in [1.165, 1.54) is 29.0 Å². The molecule has 150 valence electrons. The van der Waals surface area contributed by atoms with Crippen molar-refractivity contribution in [3.63, 3.8) is 0 Å². The van der Waals surface area contributed by atoms with Crippen molar-refractivity contribution in [2.45, 2.75) is 24.9 Å². The molecule has 2 aromatic rings. The number of hydrogen-bond acceptors (Lipinski definition) is 3. The van der Waals surface area contributed by atoms with Crippen LogP contribution < -0.4 is 9.88 Å². The van der Waals surface area contributed by atoms with Crippen LogP contribution in [0.4, 0.5) is 19.0 Å². The molecule has 28 heavy (non-hydrogen) atoms. The Bertz CT molecular complexity index is 832. The zero-order valence-corrected chi connectivity index (χ0v) is 16.7. The van der Waals surface area contributed by atoms with Crippen LogP contribution in [0.2, 0.25) is 0 Å².